The van der Waals surface area contributed by atoms with Crippen LogP contribution in [0.4, 0.5) is 0 Å². The molecule has 2 rings (SSSR count). The van der Waals surface area contributed by atoms with Crippen molar-refractivity contribution in [2.24, 2.45) is 0 Å². The Balaban J connectivity index is 2.29. The van der Waals surface area contributed by atoms with Crippen LogP contribution in [0.1, 0.15) is 38.8 Å². The van der Waals surface area contributed by atoms with E-state index in [0.29, 0.717) is 17.3 Å². The molecule has 0 spiro atoms. The van der Waals surface area contributed by atoms with Crippen molar-refractivity contribution in [1.82, 2.24) is 10.2 Å². The molecule has 0 aromatic heterocycles. The summed E-state index contributed by atoms with van der Waals surface area (Å²) in [5.41, 5.74) is 1.23. The molecule has 0 radical (unpaired) electrons. The second kappa shape index (κ2) is 9.79. The second-order valence-electron chi connectivity index (χ2n) is 8.06. The van der Waals surface area contributed by atoms with Gasteiger partial charge in [-0.3, -0.25) is 9.59 Å². The molecule has 0 aliphatic carbocycles. The summed E-state index contributed by atoms with van der Waals surface area (Å²) in [6.45, 7) is 7.77. The highest BCUT2D eigenvalue weighted by atomic mass is 35.5. The molecule has 2 aromatic carbocycles. The maximum atomic E-state index is 13.2. The second-order valence-corrected chi connectivity index (χ2v) is 8.46. The van der Waals surface area contributed by atoms with Gasteiger partial charge in [0.2, 0.25) is 11.8 Å². The maximum absolute atomic E-state index is 13.2. The number of carbonyl (C=O) groups is 2. The summed E-state index contributed by atoms with van der Waals surface area (Å²) in [5.74, 6) is 0.332. The van der Waals surface area contributed by atoms with E-state index in [9.17, 15) is 9.59 Å². The van der Waals surface area contributed by atoms with E-state index in [-0.39, 0.29) is 18.2 Å². The predicted octanol–water partition coefficient (Wildman–Crippen LogP) is 4.22. The molecular weight excluding hydrogens is 388 g/mol. The van der Waals surface area contributed by atoms with Crippen LogP contribution in [0.15, 0.2) is 48.5 Å². The molecule has 1 atom stereocenters. The third kappa shape index (κ3) is 6.79. The Labute approximate surface area is 178 Å². The number of rotatable bonds is 7. The summed E-state index contributed by atoms with van der Waals surface area (Å²) in [5, 5.41) is 3.49. The highest BCUT2D eigenvalue weighted by Crippen LogP contribution is 2.20. The Morgan fingerprint density at radius 1 is 1.14 bits per heavy atom. The summed E-state index contributed by atoms with van der Waals surface area (Å²) in [4.78, 5) is 27.6. The first-order valence-corrected chi connectivity index (χ1v) is 9.96. The average Bonchev–Trinajstić information content (AvgIpc) is 2.66. The van der Waals surface area contributed by atoms with E-state index in [1.165, 1.54) is 0 Å². The smallest absolute Gasteiger partial charge is 0.242 e. The minimum atomic E-state index is -0.643. The Morgan fingerprint density at radius 2 is 1.83 bits per heavy atom. The molecule has 2 amide bonds. The van der Waals surface area contributed by atoms with Crippen molar-refractivity contribution < 1.29 is 14.3 Å². The van der Waals surface area contributed by atoms with Gasteiger partial charge < -0.3 is 15.0 Å². The number of halogens is 1. The van der Waals surface area contributed by atoms with Gasteiger partial charge >= 0.3 is 0 Å². The fourth-order valence-corrected chi connectivity index (χ4v) is 3.13. The van der Waals surface area contributed by atoms with E-state index in [2.05, 4.69) is 5.32 Å². The Bertz CT molecular complexity index is 861. The first-order valence-electron chi connectivity index (χ1n) is 9.58. The maximum Gasteiger partial charge on any atom is 0.242 e. The molecule has 5 nitrogen and oxygen atoms in total. The third-order valence-electron chi connectivity index (χ3n) is 4.45. The molecular formula is C23H29ClN2O3. The van der Waals surface area contributed by atoms with Crippen molar-refractivity contribution in [2.45, 2.75) is 52.2 Å². The summed E-state index contributed by atoms with van der Waals surface area (Å²) in [6, 6.07) is 14.1. The first kappa shape index (κ1) is 22.8. The van der Waals surface area contributed by atoms with E-state index < -0.39 is 11.6 Å². The lowest BCUT2D eigenvalue weighted by atomic mass is 10.1. The van der Waals surface area contributed by atoms with Gasteiger partial charge in [-0.25, -0.2) is 0 Å². The zero-order valence-electron chi connectivity index (χ0n) is 17.7. The van der Waals surface area contributed by atoms with Crippen molar-refractivity contribution in [1.29, 1.82) is 0 Å². The number of carbonyl (C=O) groups excluding carboxylic acids is 2. The van der Waals surface area contributed by atoms with E-state index in [1.807, 2.05) is 63.2 Å². The van der Waals surface area contributed by atoms with Crippen LogP contribution >= 0.6 is 11.6 Å². The molecule has 0 aliphatic rings. The van der Waals surface area contributed by atoms with Gasteiger partial charge in [-0.1, -0.05) is 41.9 Å². The van der Waals surface area contributed by atoms with Crippen LogP contribution in [0.2, 0.25) is 5.02 Å². The van der Waals surface area contributed by atoms with Gasteiger partial charge in [0.25, 0.3) is 0 Å². The monoisotopic (exact) mass is 416 g/mol. The summed E-state index contributed by atoms with van der Waals surface area (Å²) >= 11 is 6.24. The standard InChI is InChI=1S/C23H29ClN2O3/c1-16(22(28)25-23(2,3)4)26(15-17-9-8-11-19(13-17)29-5)21(27)14-18-10-6-7-12-20(18)24/h6-13,16H,14-15H2,1-5H3,(H,25,28). The zero-order valence-corrected chi connectivity index (χ0v) is 18.4. The number of hydrogen-bond acceptors (Lipinski definition) is 3. The SMILES string of the molecule is COc1cccc(CN(C(=O)Cc2ccccc2Cl)C(C)C(=O)NC(C)(C)C)c1. The van der Waals surface area contributed by atoms with Crippen molar-refractivity contribution >= 4 is 23.4 Å². The summed E-state index contributed by atoms with van der Waals surface area (Å²) in [6.07, 6.45) is 0.122. The Kier molecular flexibility index (Phi) is 7.68. The number of hydrogen-bond donors (Lipinski definition) is 1. The lowest BCUT2D eigenvalue weighted by Crippen LogP contribution is -2.52. The number of nitrogens with zero attached hydrogens (tertiary/aromatic N) is 1. The zero-order chi connectivity index (χ0) is 21.6. The van der Waals surface area contributed by atoms with Crippen molar-refractivity contribution in [3.05, 3.63) is 64.7 Å². The molecule has 0 fully saturated rings. The fraction of sp³-hybridized carbons (Fsp3) is 0.391. The first-order chi connectivity index (χ1) is 13.6. The Morgan fingerprint density at radius 3 is 2.45 bits per heavy atom. The lowest BCUT2D eigenvalue weighted by molar-refractivity contribution is -0.140. The highest BCUT2D eigenvalue weighted by Gasteiger charge is 2.28. The molecule has 0 aliphatic heterocycles. The normalized spacial score (nSPS) is 12.2. The van der Waals surface area contributed by atoms with Gasteiger partial charge in [0, 0.05) is 17.1 Å². The molecule has 1 N–H and O–H groups in total. The number of amides is 2. The molecule has 1 unspecified atom stereocenters. The third-order valence-corrected chi connectivity index (χ3v) is 4.82. The van der Waals surface area contributed by atoms with E-state index >= 15 is 0 Å². The van der Waals surface area contributed by atoms with Gasteiger partial charge in [-0.15, -0.1) is 0 Å². The van der Waals surface area contributed by atoms with Crippen LogP contribution in [0.25, 0.3) is 0 Å². The lowest BCUT2D eigenvalue weighted by Gasteiger charge is -2.31. The minimum absolute atomic E-state index is 0.122. The van der Waals surface area contributed by atoms with E-state index in [1.54, 1.807) is 25.0 Å². The number of benzene rings is 2. The van der Waals surface area contributed by atoms with E-state index in [0.717, 1.165) is 11.1 Å². The van der Waals surface area contributed by atoms with Crippen LogP contribution in [-0.2, 0) is 22.6 Å². The Hall–Kier alpha value is -2.53. The highest BCUT2D eigenvalue weighted by molar-refractivity contribution is 6.31. The van der Waals surface area contributed by atoms with Crippen LogP contribution in [0.3, 0.4) is 0 Å². The molecule has 0 saturated carbocycles. The number of nitrogens with one attached hydrogen (secondary N) is 1. The minimum Gasteiger partial charge on any atom is -0.497 e. The van der Waals surface area contributed by atoms with Crippen LogP contribution < -0.4 is 10.1 Å². The summed E-state index contributed by atoms with van der Waals surface area (Å²) in [7, 11) is 1.60. The molecule has 0 heterocycles. The van der Waals surface area contributed by atoms with Crippen LogP contribution in [0, 0.1) is 0 Å². The molecule has 29 heavy (non-hydrogen) atoms. The number of methoxy groups -OCH3 is 1. The molecule has 0 saturated heterocycles. The number of ether oxygens (including phenoxy) is 1. The largest absolute Gasteiger partial charge is 0.497 e. The van der Waals surface area contributed by atoms with Gasteiger partial charge in [0.05, 0.1) is 13.5 Å². The van der Waals surface area contributed by atoms with Crippen molar-refractivity contribution in [2.75, 3.05) is 7.11 Å². The van der Waals surface area contributed by atoms with Crippen LogP contribution in [0.5, 0.6) is 5.75 Å². The van der Waals surface area contributed by atoms with E-state index in [4.69, 9.17) is 16.3 Å². The molecule has 156 valence electrons. The quantitative estimate of drug-likeness (QED) is 0.735. The topological polar surface area (TPSA) is 58.6 Å². The summed E-state index contributed by atoms with van der Waals surface area (Å²) < 4.78 is 5.28. The van der Waals surface area contributed by atoms with Crippen molar-refractivity contribution in [3.8, 4) is 5.75 Å². The van der Waals surface area contributed by atoms with Gasteiger partial charge in [-0.2, -0.15) is 0 Å². The molecule has 6 heteroatoms. The predicted molar refractivity (Wildman–Crippen MR) is 116 cm³/mol. The average molecular weight is 417 g/mol. The van der Waals surface area contributed by atoms with Crippen LogP contribution in [-0.4, -0.2) is 35.4 Å². The van der Waals surface area contributed by atoms with Gasteiger partial charge in [0.15, 0.2) is 0 Å². The fourth-order valence-electron chi connectivity index (χ4n) is 2.93. The van der Waals surface area contributed by atoms with Gasteiger partial charge in [0.1, 0.15) is 11.8 Å². The molecule has 2 aromatic rings. The molecule has 0 bridgehead atoms. The van der Waals surface area contributed by atoms with Gasteiger partial charge in [-0.05, 0) is 57.0 Å². The van der Waals surface area contributed by atoms with Crippen molar-refractivity contribution in [3.63, 3.8) is 0 Å².